The Morgan fingerprint density at radius 2 is 1.68 bits per heavy atom. The lowest BCUT2D eigenvalue weighted by Gasteiger charge is -2.15. The molecule has 0 aliphatic heterocycles. The zero-order valence-corrected chi connectivity index (χ0v) is 18.9. The third-order valence-electron chi connectivity index (χ3n) is 4.39. The van der Waals surface area contributed by atoms with Gasteiger partial charge in [0.15, 0.2) is 18.1 Å². The number of anilines is 1. The molecule has 1 N–H and O–H groups in total. The molecule has 0 aromatic heterocycles. The van der Waals surface area contributed by atoms with Crippen LogP contribution in [0.1, 0.15) is 11.1 Å². The first kappa shape index (κ1) is 24.2. The van der Waals surface area contributed by atoms with E-state index in [1.807, 2.05) is 0 Å². The van der Waals surface area contributed by atoms with Crippen molar-refractivity contribution in [2.45, 2.75) is 18.2 Å². The summed E-state index contributed by atoms with van der Waals surface area (Å²) in [7, 11) is 2.20. The Balaban J connectivity index is 1.97. The van der Waals surface area contributed by atoms with E-state index in [0.29, 0.717) is 22.6 Å². The van der Waals surface area contributed by atoms with Crippen LogP contribution in [0.4, 0.5) is 5.69 Å². The smallest absolute Gasteiger partial charge is 0.310 e. The number of carbonyl (C=O) groups excluding carboxylic acids is 2. The number of benzene rings is 2. The van der Waals surface area contributed by atoms with Crippen molar-refractivity contribution in [3.63, 3.8) is 0 Å². The van der Waals surface area contributed by atoms with Crippen molar-refractivity contribution in [1.29, 1.82) is 0 Å². The van der Waals surface area contributed by atoms with Gasteiger partial charge in [0.2, 0.25) is 10.0 Å². The fraction of sp³-hybridized carbons (Fsp3) is 0.333. The van der Waals surface area contributed by atoms with Crippen LogP contribution >= 0.6 is 0 Å². The Labute approximate surface area is 182 Å². The first-order chi connectivity index (χ1) is 14.6. The molecule has 2 aromatic carbocycles. The number of hydrogen-bond acceptors (Lipinski definition) is 7. The lowest BCUT2D eigenvalue weighted by atomic mass is 10.1. The summed E-state index contributed by atoms with van der Waals surface area (Å²) in [5.74, 6) is -0.166. The Morgan fingerprint density at radius 3 is 2.29 bits per heavy atom. The lowest BCUT2D eigenvalue weighted by molar-refractivity contribution is -0.146. The number of nitrogens with zero attached hydrogens (tertiary/aromatic N) is 1. The van der Waals surface area contributed by atoms with Crippen molar-refractivity contribution in [3.8, 4) is 11.5 Å². The van der Waals surface area contributed by atoms with E-state index in [1.165, 1.54) is 34.4 Å². The molecule has 0 fully saturated rings. The molecule has 0 heterocycles. The molecule has 168 valence electrons. The van der Waals surface area contributed by atoms with Crippen molar-refractivity contribution in [2.24, 2.45) is 0 Å². The standard InChI is InChI=1S/C21H26N2O7S/c1-14-6-8-16(12-19(14)31(26,27)23(2)3)22-20(24)13-30-21(25)11-15-7-9-17(28-4)18(10-15)29-5/h6-10,12H,11,13H2,1-5H3,(H,22,24). The molecule has 9 nitrogen and oxygen atoms in total. The molecule has 0 spiro atoms. The summed E-state index contributed by atoms with van der Waals surface area (Å²) < 4.78 is 41.2. The summed E-state index contributed by atoms with van der Waals surface area (Å²) in [6, 6.07) is 9.56. The molecule has 0 bridgehead atoms. The summed E-state index contributed by atoms with van der Waals surface area (Å²) in [5, 5.41) is 2.54. The van der Waals surface area contributed by atoms with E-state index in [-0.39, 0.29) is 17.0 Å². The van der Waals surface area contributed by atoms with Crippen LogP contribution < -0.4 is 14.8 Å². The predicted octanol–water partition coefficient (Wildman–Crippen LogP) is 1.99. The van der Waals surface area contributed by atoms with Gasteiger partial charge in [-0.2, -0.15) is 0 Å². The Bertz CT molecular complexity index is 1070. The molecule has 2 aromatic rings. The number of amides is 1. The maximum atomic E-state index is 12.4. The van der Waals surface area contributed by atoms with Gasteiger partial charge in [0.25, 0.3) is 5.91 Å². The number of carbonyl (C=O) groups is 2. The molecule has 0 atom stereocenters. The molecule has 10 heteroatoms. The largest absolute Gasteiger partial charge is 0.493 e. The van der Waals surface area contributed by atoms with Crippen LogP contribution in [0.3, 0.4) is 0 Å². The van der Waals surface area contributed by atoms with E-state index in [0.717, 1.165) is 4.31 Å². The molecule has 1 amide bonds. The quantitative estimate of drug-likeness (QED) is 0.582. The maximum absolute atomic E-state index is 12.4. The predicted molar refractivity (Wildman–Crippen MR) is 115 cm³/mol. The number of sulfonamides is 1. The Kier molecular flexibility index (Phi) is 8.01. The van der Waals surface area contributed by atoms with Crippen LogP contribution in [0, 0.1) is 6.92 Å². The molecule has 0 saturated carbocycles. The molecular weight excluding hydrogens is 424 g/mol. The van der Waals surface area contributed by atoms with Crippen LogP contribution in [0.25, 0.3) is 0 Å². The summed E-state index contributed by atoms with van der Waals surface area (Å²) in [6.07, 6.45) is -0.0522. The number of methoxy groups -OCH3 is 2. The highest BCUT2D eigenvalue weighted by Gasteiger charge is 2.20. The van der Waals surface area contributed by atoms with Crippen molar-refractivity contribution in [3.05, 3.63) is 47.5 Å². The van der Waals surface area contributed by atoms with Gasteiger partial charge in [0.05, 0.1) is 25.5 Å². The molecule has 31 heavy (non-hydrogen) atoms. The van der Waals surface area contributed by atoms with Crippen LogP contribution in [-0.2, 0) is 30.8 Å². The third kappa shape index (κ3) is 6.19. The minimum absolute atomic E-state index is 0.0522. The van der Waals surface area contributed by atoms with Crippen molar-refractivity contribution in [2.75, 3.05) is 40.2 Å². The normalized spacial score (nSPS) is 11.2. The average molecular weight is 451 g/mol. The maximum Gasteiger partial charge on any atom is 0.310 e. The van der Waals surface area contributed by atoms with Gasteiger partial charge >= 0.3 is 5.97 Å². The second-order valence-corrected chi connectivity index (χ2v) is 8.96. The van der Waals surface area contributed by atoms with E-state index < -0.39 is 28.5 Å². The molecule has 2 rings (SSSR count). The zero-order valence-electron chi connectivity index (χ0n) is 18.1. The molecular formula is C21H26N2O7S. The van der Waals surface area contributed by atoms with E-state index >= 15 is 0 Å². The lowest BCUT2D eigenvalue weighted by Crippen LogP contribution is -2.24. The second-order valence-electron chi connectivity index (χ2n) is 6.84. The van der Waals surface area contributed by atoms with Crippen LogP contribution in [0.15, 0.2) is 41.3 Å². The van der Waals surface area contributed by atoms with Crippen LogP contribution in [-0.4, -0.2) is 59.5 Å². The van der Waals surface area contributed by atoms with E-state index in [2.05, 4.69) is 5.32 Å². The fourth-order valence-corrected chi connectivity index (χ4v) is 3.85. The number of aryl methyl sites for hydroxylation is 1. The van der Waals surface area contributed by atoms with Crippen molar-refractivity contribution in [1.82, 2.24) is 4.31 Å². The molecule has 0 aliphatic rings. The van der Waals surface area contributed by atoms with Gasteiger partial charge in [-0.25, -0.2) is 12.7 Å². The summed E-state index contributed by atoms with van der Waals surface area (Å²) in [4.78, 5) is 24.3. The summed E-state index contributed by atoms with van der Waals surface area (Å²) >= 11 is 0. The summed E-state index contributed by atoms with van der Waals surface area (Å²) in [6.45, 7) is 1.16. The third-order valence-corrected chi connectivity index (χ3v) is 6.35. The van der Waals surface area contributed by atoms with Gasteiger partial charge < -0.3 is 19.5 Å². The fourth-order valence-electron chi connectivity index (χ4n) is 2.70. The number of esters is 1. The van der Waals surface area contributed by atoms with E-state index in [4.69, 9.17) is 14.2 Å². The first-order valence-electron chi connectivity index (χ1n) is 9.28. The molecule has 0 radical (unpaired) electrons. The minimum atomic E-state index is -3.66. The average Bonchev–Trinajstić information content (AvgIpc) is 2.73. The van der Waals surface area contributed by atoms with Crippen molar-refractivity contribution < 1.29 is 32.2 Å². The van der Waals surface area contributed by atoms with E-state index in [1.54, 1.807) is 37.3 Å². The monoisotopic (exact) mass is 450 g/mol. The SMILES string of the molecule is COc1ccc(CC(=O)OCC(=O)Nc2ccc(C)c(S(=O)(=O)N(C)C)c2)cc1OC. The zero-order chi connectivity index (χ0) is 23.2. The van der Waals surface area contributed by atoms with E-state index in [9.17, 15) is 18.0 Å². The van der Waals surface area contributed by atoms with Gasteiger partial charge in [-0.1, -0.05) is 12.1 Å². The number of hydrogen-bond donors (Lipinski definition) is 1. The Morgan fingerprint density at radius 1 is 1.00 bits per heavy atom. The number of ether oxygens (including phenoxy) is 3. The number of nitrogens with one attached hydrogen (secondary N) is 1. The van der Waals surface area contributed by atoms with Gasteiger partial charge in [-0.15, -0.1) is 0 Å². The van der Waals surface area contributed by atoms with Gasteiger partial charge in [-0.3, -0.25) is 9.59 Å². The van der Waals surface area contributed by atoms with Crippen LogP contribution in [0.5, 0.6) is 11.5 Å². The highest BCUT2D eigenvalue weighted by molar-refractivity contribution is 7.89. The second kappa shape index (κ2) is 10.3. The molecule has 0 aliphatic carbocycles. The van der Waals surface area contributed by atoms with Gasteiger partial charge in [0.1, 0.15) is 0 Å². The highest BCUT2D eigenvalue weighted by Crippen LogP contribution is 2.27. The minimum Gasteiger partial charge on any atom is -0.493 e. The van der Waals surface area contributed by atoms with Gasteiger partial charge in [-0.05, 0) is 42.3 Å². The highest BCUT2D eigenvalue weighted by atomic mass is 32.2. The van der Waals surface area contributed by atoms with Crippen LogP contribution in [0.2, 0.25) is 0 Å². The molecule has 0 saturated heterocycles. The van der Waals surface area contributed by atoms with Gasteiger partial charge in [0, 0.05) is 19.8 Å². The first-order valence-corrected chi connectivity index (χ1v) is 10.7. The number of rotatable bonds is 9. The Hall–Kier alpha value is -3.11. The summed E-state index contributed by atoms with van der Waals surface area (Å²) in [5.41, 5.74) is 1.47. The van der Waals surface area contributed by atoms with Crippen molar-refractivity contribution >= 4 is 27.6 Å². The molecule has 0 unspecified atom stereocenters. The topological polar surface area (TPSA) is 111 Å².